The topological polar surface area (TPSA) is 125 Å². The Kier molecular flexibility index (Phi) is 3.96. The van der Waals surface area contributed by atoms with Crippen molar-refractivity contribution in [2.45, 2.75) is 25.0 Å². The van der Waals surface area contributed by atoms with Crippen LogP contribution in [0, 0.1) is 11.3 Å². The molecular weight excluding hydrogens is 406 g/mol. The van der Waals surface area contributed by atoms with E-state index >= 15 is 0 Å². The molecule has 1 aliphatic rings. The first-order valence-corrected chi connectivity index (χ1v) is 10.3. The van der Waals surface area contributed by atoms with Crippen LogP contribution in [0.25, 0.3) is 28.1 Å². The summed E-state index contributed by atoms with van der Waals surface area (Å²) >= 11 is 0. The van der Waals surface area contributed by atoms with E-state index in [0.717, 1.165) is 11.1 Å². The van der Waals surface area contributed by atoms with Gasteiger partial charge in [-0.1, -0.05) is 24.3 Å². The van der Waals surface area contributed by atoms with Gasteiger partial charge in [-0.2, -0.15) is 10.2 Å². The lowest BCUT2D eigenvalue weighted by atomic mass is 9.85. The van der Waals surface area contributed by atoms with Crippen molar-refractivity contribution in [2.24, 2.45) is 0 Å². The van der Waals surface area contributed by atoms with Crippen LogP contribution in [0.2, 0.25) is 0 Å². The van der Waals surface area contributed by atoms with Crippen LogP contribution in [0.5, 0.6) is 0 Å². The average molecular weight is 423 g/mol. The zero-order chi connectivity index (χ0) is 21.8. The molecule has 32 heavy (non-hydrogen) atoms. The molecule has 0 saturated carbocycles. The highest BCUT2D eigenvalue weighted by atomic mass is 16.3. The van der Waals surface area contributed by atoms with E-state index in [1.165, 1.54) is 0 Å². The van der Waals surface area contributed by atoms with Gasteiger partial charge in [-0.15, -0.1) is 0 Å². The molecule has 0 aliphatic heterocycles. The Labute approximate surface area is 181 Å². The Morgan fingerprint density at radius 3 is 2.81 bits per heavy atom. The largest absolute Gasteiger partial charge is 0.388 e. The molecule has 0 unspecified atom stereocenters. The molecule has 2 aromatic carbocycles. The van der Waals surface area contributed by atoms with Gasteiger partial charge >= 0.3 is 5.69 Å². The van der Waals surface area contributed by atoms with E-state index in [9.17, 15) is 15.2 Å². The van der Waals surface area contributed by atoms with Crippen molar-refractivity contribution < 1.29 is 5.11 Å². The predicted molar refractivity (Wildman–Crippen MR) is 116 cm³/mol. The van der Waals surface area contributed by atoms with E-state index in [2.05, 4.69) is 21.0 Å². The molecule has 0 amide bonds. The number of aromatic nitrogens is 6. The average Bonchev–Trinajstić information content (AvgIpc) is 3.39. The number of nitriles is 1. The first-order chi connectivity index (χ1) is 15.6. The van der Waals surface area contributed by atoms with Crippen molar-refractivity contribution in [3.8, 4) is 12.0 Å². The molecule has 156 valence electrons. The molecule has 3 aromatic heterocycles. The van der Waals surface area contributed by atoms with Gasteiger partial charge < -0.3 is 10.1 Å². The van der Waals surface area contributed by atoms with Gasteiger partial charge in [0.15, 0.2) is 5.65 Å². The molecule has 6 rings (SSSR count). The van der Waals surface area contributed by atoms with Gasteiger partial charge in [0.1, 0.15) is 11.8 Å². The molecule has 0 saturated heterocycles. The summed E-state index contributed by atoms with van der Waals surface area (Å²) in [6.45, 7) is 0. The fourth-order valence-electron chi connectivity index (χ4n) is 4.56. The molecular formula is C23H17N7O2. The molecule has 9 heteroatoms. The van der Waals surface area contributed by atoms with E-state index < -0.39 is 6.10 Å². The summed E-state index contributed by atoms with van der Waals surface area (Å²) in [4.78, 5) is 29.3. The van der Waals surface area contributed by atoms with Crippen molar-refractivity contribution in [3.05, 3.63) is 82.2 Å². The summed E-state index contributed by atoms with van der Waals surface area (Å²) in [6.07, 6.45) is 3.82. The van der Waals surface area contributed by atoms with Gasteiger partial charge in [0.05, 0.1) is 41.0 Å². The van der Waals surface area contributed by atoms with Crippen molar-refractivity contribution in [2.75, 3.05) is 0 Å². The number of nitrogens with zero attached hydrogens (tertiary/aromatic N) is 6. The van der Waals surface area contributed by atoms with Crippen LogP contribution in [0.15, 0.2) is 59.8 Å². The molecule has 0 fully saturated rings. The Hall–Kier alpha value is -4.29. The first-order valence-electron chi connectivity index (χ1n) is 10.3. The number of aliphatic hydroxyl groups excluding tert-OH is 1. The summed E-state index contributed by atoms with van der Waals surface area (Å²) in [6, 6.07) is 14.8. The van der Waals surface area contributed by atoms with Crippen LogP contribution < -0.4 is 5.69 Å². The quantitative estimate of drug-likeness (QED) is 0.450. The number of benzene rings is 2. The summed E-state index contributed by atoms with van der Waals surface area (Å²) < 4.78 is 3.35. The van der Waals surface area contributed by atoms with Gasteiger partial charge in [-0.05, 0) is 42.2 Å². The Bertz CT molecular complexity index is 1600. The van der Waals surface area contributed by atoms with Crippen LogP contribution in [-0.2, 0) is 0 Å². The number of H-pyrrole nitrogens is 1. The van der Waals surface area contributed by atoms with Gasteiger partial charge in [0, 0.05) is 0 Å². The third kappa shape index (κ3) is 2.67. The molecule has 3 heterocycles. The van der Waals surface area contributed by atoms with Gasteiger partial charge in [0.2, 0.25) is 5.95 Å². The summed E-state index contributed by atoms with van der Waals surface area (Å²) in [5.74, 6) is 0.354. The van der Waals surface area contributed by atoms with Gasteiger partial charge in [0.25, 0.3) is 0 Å². The number of hydrogen-bond donors (Lipinski definition) is 2. The smallest absolute Gasteiger partial charge is 0.328 e. The van der Waals surface area contributed by atoms with Gasteiger partial charge in [-0.3, -0.25) is 9.13 Å². The highest BCUT2D eigenvalue weighted by Gasteiger charge is 2.29. The lowest BCUT2D eigenvalue weighted by Crippen LogP contribution is -2.27. The fourth-order valence-corrected chi connectivity index (χ4v) is 4.56. The monoisotopic (exact) mass is 423 g/mol. The normalized spacial score (nSPS) is 18.0. The minimum absolute atomic E-state index is 0.247. The second-order valence-electron chi connectivity index (χ2n) is 7.88. The summed E-state index contributed by atoms with van der Waals surface area (Å²) in [5.41, 5.74) is 4.43. The van der Waals surface area contributed by atoms with E-state index in [1.807, 2.05) is 24.3 Å². The van der Waals surface area contributed by atoms with Crippen molar-refractivity contribution in [1.29, 1.82) is 5.26 Å². The van der Waals surface area contributed by atoms with E-state index in [1.54, 1.807) is 39.9 Å². The maximum atomic E-state index is 12.9. The van der Waals surface area contributed by atoms with Crippen LogP contribution >= 0.6 is 0 Å². The second kappa shape index (κ2) is 6.87. The minimum atomic E-state index is -0.541. The maximum Gasteiger partial charge on any atom is 0.328 e. The molecule has 0 bridgehead atoms. The maximum absolute atomic E-state index is 12.9. The van der Waals surface area contributed by atoms with Crippen LogP contribution in [0.4, 0.5) is 0 Å². The number of hydrogen-bond acceptors (Lipinski definition) is 6. The Morgan fingerprint density at radius 1 is 1.12 bits per heavy atom. The third-order valence-electron chi connectivity index (χ3n) is 6.08. The fraction of sp³-hybridized carbons (Fsp3) is 0.174. The lowest BCUT2D eigenvalue weighted by Gasteiger charge is -2.29. The Balaban J connectivity index is 1.55. The van der Waals surface area contributed by atoms with Gasteiger partial charge in [-0.25, -0.2) is 14.8 Å². The molecule has 9 nitrogen and oxygen atoms in total. The SMILES string of the molecule is N#Cc1ccc2ncn(-c3ncc4[nH]c(=O)n([C@@H]5CC[C@@H](O)c6ccccc65)c4n3)c2c1. The van der Waals surface area contributed by atoms with E-state index in [0.29, 0.717) is 46.6 Å². The van der Waals surface area contributed by atoms with Crippen molar-refractivity contribution in [3.63, 3.8) is 0 Å². The number of nitrogens with one attached hydrogen (secondary N) is 1. The number of rotatable bonds is 2. The summed E-state index contributed by atoms with van der Waals surface area (Å²) in [5, 5.41) is 19.7. The minimum Gasteiger partial charge on any atom is -0.388 e. The highest BCUT2D eigenvalue weighted by Crippen LogP contribution is 2.38. The zero-order valence-corrected chi connectivity index (χ0v) is 16.8. The van der Waals surface area contributed by atoms with Crippen molar-refractivity contribution in [1.82, 2.24) is 29.1 Å². The number of aliphatic hydroxyl groups is 1. The van der Waals surface area contributed by atoms with Crippen LogP contribution in [-0.4, -0.2) is 34.2 Å². The molecule has 0 radical (unpaired) electrons. The van der Waals surface area contributed by atoms with Crippen LogP contribution in [0.3, 0.4) is 0 Å². The first kappa shape index (κ1) is 18.5. The predicted octanol–water partition coefficient (Wildman–Crippen LogP) is 2.75. The van der Waals surface area contributed by atoms with E-state index in [4.69, 9.17) is 4.98 Å². The highest BCUT2D eigenvalue weighted by molar-refractivity contribution is 5.79. The molecule has 5 aromatic rings. The van der Waals surface area contributed by atoms with Crippen molar-refractivity contribution >= 4 is 22.2 Å². The third-order valence-corrected chi connectivity index (χ3v) is 6.08. The molecule has 1 aliphatic carbocycles. The molecule has 2 atom stereocenters. The number of fused-ring (bicyclic) bond motifs is 3. The zero-order valence-electron chi connectivity index (χ0n) is 16.8. The number of imidazole rings is 2. The Morgan fingerprint density at radius 2 is 1.97 bits per heavy atom. The second-order valence-corrected chi connectivity index (χ2v) is 7.88. The lowest BCUT2D eigenvalue weighted by molar-refractivity contribution is 0.147. The molecule has 2 N–H and O–H groups in total. The standard InChI is InChI=1S/C23H17N7O2/c24-10-13-5-6-16-19(9-13)29(12-26-16)22-25-11-17-21(28-22)30(23(32)27-17)18-7-8-20(31)15-4-2-1-3-14(15)18/h1-6,9,11-12,18,20,31H,7-8H2,(H,27,32)/t18-,20-/m1/s1. The van der Waals surface area contributed by atoms with Crippen LogP contribution in [0.1, 0.15) is 41.7 Å². The van der Waals surface area contributed by atoms with E-state index in [-0.39, 0.29) is 11.7 Å². The molecule has 0 spiro atoms. The number of aromatic amines is 1. The summed E-state index contributed by atoms with van der Waals surface area (Å²) in [7, 11) is 0.